The van der Waals surface area contributed by atoms with Gasteiger partial charge in [0.15, 0.2) is 11.5 Å². The molecule has 0 saturated carbocycles. The van der Waals surface area contributed by atoms with Gasteiger partial charge in [0.05, 0.1) is 17.3 Å². The van der Waals surface area contributed by atoms with Gasteiger partial charge in [0.2, 0.25) is 6.79 Å². The summed E-state index contributed by atoms with van der Waals surface area (Å²) in [4.78, 5) is 14.8. The molecule has 0 spiro atoms. The second kappa shape index (κ2) is 5.45. The minimum absolute atomic E-state index is 0.0449. The number of halogens is 1. The van der Waals surface area contributed by atoms with Gasteiger partial charge < -0.3 is 14.4 Å². The first-order chi connectivity index (χ1) is 11.1. The highest BCUT2D eigenvalue weighted by Crippen LogP contribution is 2.41. The molecule has 6 nitrogen and oxygen atoms in total. The van der Waals surface area contributed by atoms with Gasteiger partial charge in [-0.2, -0.15) is 5.10 Å². The van der Waals surface area contributed by atoms with E-state index in [1.54, 1.807) is 16.8 Å². The smallest absolute Gasteiger partial charge is 0.254 e. The zero-order valence-electron chi connectivity index (χ0n) is 12.7. The molecule has 3 heterocycles. The first-order valence-corrected chi connectivity index (χ1v) is 7.90. The summed E-state index contributed by atoms with van der Waals surface area (Å²) in [5, 5.41) is 4.61. The van der Waals surface area contributed by atoms with E-state index >= 15 is 0 Å². The second-order valence-electron chi connectivity index (χ2n) is 5.80. The Morgan fingerprint density at radius 3 is 3.04 bits per heavy atom. The monoisotopic (exact) mass is 333 g/mol. The number of hydrogen-bond acceptors (Lipinski definition) is 4. The van der Waals surface area contributed by atoms with Crippen LogP contribution in [-0.2, 0) is 7.05 Å². The molecular formula is C16H16ClN3O3. The Kier molecular flexibility index (Phi) is 3.41. The maximum Gasteiger partial charge on any atom is 0.254 e. The zero-order valence-corrected chi connectivity index (χ0v) is 13.4. The number of likely N-dealkylation sites (tertiary alicyclic amines) is 1. The molecule has 1 aromatic heterocycles. The van der Waals surface area contributed by atoms with Crippen molar-refractivity contribution in [2.45, 2.75) is 18.9 Å². The predicted octanol–water partition coefficient (Wildman–Crippen LogP) is 2.78. The molecule has 0 aliphatic carbocycles. The van der Waals surface area contributed by atoms with Gasteiger partial charge in [-0.3, -0.25) is 9.48 Å². The number of carbonyl (C=O) groups excluding carboxylic acids is 1. The summed E-state index contributed by atoms with van der Waals surface area (Å²) in [5.74, 6) is 0.989. The van der Waals surface area contributed by atoms with Gasteiger partial charge >= 0.3 is 0 Å². The molecule has 1 aromatic carbocycles. The maximum absolute atomic E-state index is 12.9. The number of carbonyl (C=O) groups is 1. The summed E-state index contributed by atoms with van der Waals surface area (Å²) in [6, 6.07) is 3.41. The van der Waals surface area contributed by atoms with Crippen LogP contribution >= 0.6 is 11.6 Å². The third-order valence-electron chi connectivity index (χ3n) is 4.30. The minimum Gasteiger partial charge on any atom is -0.454 e. The van der Waals surface area contributed by atoms with E-state index in [4.69, 9.17) is 21.1 Å². The minimum atomic E-state index is -0.0449. The summed E-state index contributed by atoms with van der Waals surface area (Å²) in [6.07, 6.45) is 5.70. The summed E-state index contributed by atoms with van der Waals surface area (Å²) >= 11 is 6.19. The quantitative estimate of drug-likeness (QED) is 0.848. The largest absolute Gasteiger partial charge is 0.454 e. The number of fused-ring (bicyclic) bond motifs is 1. The average molecular weight is 334 g/mol. The van der Waals surface area contributed by atoms with Crippen molar-refractivity contribution < 1.29 is 14.3 Å². The molecule has 1 atom stereocenters. The number of nitrogens with zero attached hydrogens (tertiary/aromatic N) is 3. The van der Waals surface area contributed by atoms with Crippen LogP contribution in [0.4, 0.5) is 0 Å². The molecule has 1 fully saturated rings. The topological polar surface area (TPSA) is 56.6 Å². The molecule has 1 unspecified atom stereocenters. The van der Waals surface area contributed by atoms with Crippen molar-refractivity contribution in [1.29, 1.82) is 0 Å². The zero-order chi connectivity index (χ0) is 16.0. The first kappa shape index (κ1) is 14.4. The summed E-state index contributed by atoms with van der Waals surface area (Å²) in [5.41, 5.74) is 1.58. The standard InChI is InChI=1S/C16H16ClN3O3/c1-19-8-11(7-18-19)13-3-2-4-20(13)16(21)10-5-12(17)15-14(6-10)22-9-23-15/h5-8,13H,2-4,9H2,1H3. The molecular weight excluding hydrogens is 318 g/mol. The van der Waals surface area contributed by atoms with Crippen molar-refractivity contribution in [1.82, 2.24) is 14.7 Å². The maximum atomic E-state index is 12.9. The van der Waals surface area contributed by atoms with E-state index in [2.05, 4.69) is 5.10 Å². The van der Waals surface area contributed by atoms with Gasteiger partial charge in [-0.1, -0.05) is 11.6 Å². The fourth-order valence-electron chi connectivity index (χ4n) is 3.23. The van der Waals surface area contributed by atoms with Crippen LogP contribution in [0.15, 0.2) is 24.5 Å². The normalized spacial score (nSPS) is 19.4. The lowest BCUT2D eigenvalue weighted by Crippen LogP contribution is -2.30. The lowest BCUT2D eigenvalue weighted by molar-refractivity contribution is 0.0735. The Hall–Kier alpha value is -2.21. The Morgan fingerprint density at radius 2 is 2.26 bits per heavy atom. The molecule has 2 aromatic rings. The van der Waals surface area contributed by atoms with Crippen LogP contribution in [0.5, 0.6) is 11.5 Å². The van der Waals surface area contributed by atoms with Crippen LogP contribution in [0, 0.1) is 0 Å². The molecule has 4 rings (SSSR count). The van der Waals surface area contributed by atoms with Crippen LogP contribution < -0.4 is 9.47 Å². The van der Waals surface area contributed by atoms with Crippen LogP contribution in [0.2, 0.25) is 5.02 Å². The van der Waals surface area contributed by atoms with Gasteiger partial charge in [-0.05, 0) is 25.0 Å². The van der Waals surface area contributed by atoms with E-state index in [1.807, 2.05) is 24.3 Å². The molecule has 1 amide bonds. The van der Waals surface area contributed by atoms with Gasteiger partial charge in [0.25, 0.3) is 5.91 Å². The van der Waals surface area contributed by atoms with E-state index in [1.165, 1.54) is 0 Å². The van der Waals surface area contributed by atoms with Gasteiger partial charge in [0, 0.05) is 30.9 Å². The van der Waals surface area contributed by atoms with Crippen molar-refractivity contribution in [3.63, 3.8) is 0 Å². The molecule has 120 valence electrons. The SMILES string of the molecule is Cn1cc(C2CCCN2C(=O)c2cc(Cl)c3c(c2)OCO3)cn1. The van der Waals surface area contributed by atoms with E-state index in [9.17, 15) is 4.79 Å². The predicted molar refractivity (Wildman–Crippen MR) is 83.8 cm³/mol. The molecule has 0 radical (unpaired) electrons. The first-order valence-electron chi connectivity index (χ1n) is 7.52. The lowest BCUT2D eigenvalue weighted by atomic mass is 10.1. The van der Waals surface area contributed by atoms with Crippen LogP contribution in [0.25, 0.3) is 0 Å². The fraction of sp³-hybridized carbons (Fsp3) is 0.375. The molecule has 23 heavy (non-hydrogen) atoms. The second-order valence-corrected chi connectivity index (χ2v) is 6.20. The van der Waals surface area contributed by atoms with Crippen LogP contribution in [-0.4, -0.2) is 33.9 Å². The summed E-state index contributed by atoms with van der Waals surface area (Å²) in [6.45, 7) is 0.860. The molecule has 2 aliphatic heterocycles. The summed E-state index contributed by atoms with van der Waals surface area (Å²) < 4.78 is 12.4. The van der Waals surface area contributed by atoms with Crippen molar-refractivity contribution in [3.8, 4) is 11.5 Å². The Morgan fingerprint density at radius 1 is 1.39 bits per heavy atom. The number of rotatable bonds is 2. The molecule has 1 saturated heterocycles. The number of aryl methyl sites for hydroxylation is 1. The number of ether oxygens (including phenoxy) is 2. The van der Waals surface area contributed by atoms with Crippen LogP contribution in [0.3, 0.4) is 0 Å². The average Bonchev–Trinajstić information content (AvgIpc) is 3.25. The van der Waals surface area contributed by atoms with E-state index in [0.717, 1.165) is 24.9 Å². The Balaban J connectivity index is 1.65. The number of aromatic nitrogens is 2. The van der Waals surface area contributed by atoms with Gasteiger partial charge in [-0.25, -0.2) is 0 Å². The highest BCUT2D eigenvalue weighted by molar-refractivity contribution is 6.32. The summed E-state index contributed by atoms with van der Waals surface area (Å²) in [7, 11) is 1.88. The Labute approximate surface area is 138 Å². The van der Waals surface area contributed by atoms with E-state index in [-0.39, 0.29) is 18.7 Å². The number of hydrogen-bond donors (Lipinski definition) is 0. The molecule has 2 aliphatic rings. The Bertz CT molecular complexity index is 774. The van der Waals surface area contributed by atoms with Crippen molar-refractivity contribution >= 4 is 17.5 Å². The van der Waals surface area contributed by atoms with E-state index in [0.29, 0.717) is 22.1 Å². The van der Waals surface area contributed by atoms with E-state index < -0.39 is 0 Å². The lowest BCUT2D eigenvalue weighted by Gasteiger charge is -2.24. The van der Waals surface area contributed by atoms with Crippen LogP contribution in [0.1, 0.15) is 34.8 Å². The third-order valence-corrected chi connectivity index (χ3v) is 4.58. The van der Waals surface area contributed by atoms with Gasteiger partial charge in [0.1, 0.15) is 0 Å². The van der Waals surface area contributed by atoms with Crippen molar-refractivity contribution in [3.05, 3.63) is 40.7 Å². The number of amides is 1. The van der Waals surface area contributed by atoms with Crippen molar-refractivity contribution in [2.75, 3.05) is 13.3 Å². The van der Waals surface area contributed by atoms with Gasteiger partial charge in [-0.15, -0.1) is 0 Å². The third kappa shape index (κ3) is 2.43. The number of benzene rings is 1. The highest BCUT2D eigenvalue weighted by atomic mass is 35.5. The highest BCUT2D eigenvalue weighted by Gasteiger charge is 2.32. The van der Waals surface area contributed by atoms with Crippen molar-refractivity contribution in [2.24, 2.45) is 7.05 Å². The molecule has 0 N–H and O–H groups in total. The molecule has 0 bridgehead atoms. The fourth-order valence-corrected chi connectivity index (χ4v) is 3.49. The molecule has 7 heteroatoms.